The minimum Gasteiger partial charge on any atom is -0.443 e. The molecule has 1 N–H and O–H groups in total. The van der Waals surface area contributed by atoms with Crippen molar-refractivity contribution in [1.29, 1.82) is 0 Å². The summed E-state index contributed by atoms with van der Waals surface area (Å²) in [5.41, 5.74) is 5.09. The standard InChI is InChI=1S/C20H12N4O2/c25-15-8-9-21-20-19(15)23-18(17(24-20)12-4-2-1-3-5-12)13-6-7-16-14(10-13)22-11-26-16/h1-11H,(H,21,24,25). The molecule has 0 bridgehead atoms. The van der Waals surface area contributed by atoms with Crippen molar-refractivity contribution in [2.45, 2.75) is 0 Å². The Morgan fingerprint density at radius 2 is 1.73 bits per heavy atom. The van der Waals surface area contributed by atoms with Gasteiger partial charge in [0.15, 0.2) is 23.1 Å². The number of nitrogens with one attached hydrogen (secondary N) is 1. The number of nitrogens with zero attached hydrogens (tertiary/aromatic N) is 3. The molecule has 3 aromatic heterocycles. The molecule has 0 aliphatic heterocycles. The third-order valence-electron chi connectivity index (χ3n) is 4.24. The Labute approximate surface area is 147 Å². The maximum atomic E-state index is 12.2. The molecular formula is C20H12N4O2. The van der Waals surface area contributed by atoms with E-state index in [1.165, 1.54) is 12.5 Å². The minimum atomic E-state index is -0.172. The van der Waals surface area contributed by atoms with Gasteiger partial charge >= 0.3 is 0 Å². The van der Waals surface area contributed by atoms with Crippen LogP contribution in [0, 0.1) is 0 Å². The first-order chi connectivity index (χ1) is 12.8. The van der Waals surface area contributed by atoms with E-state index in [1.54, 1.807) is 6.20 Å². The van der Waals surface area contributed by atoms with Crippen LogP contribution in [-0.4, -0.2) is 19.9 Å². The summed E-state index contributed by atoms with van der Waals surface area (Å²) in [5, 5.41) is 0. The second kappa shape index (κ2) is 5.63. The van der Waals surface area contributed by atoms with Crippen molar-refractivity contribution in [3.05, 3.63) is 77.4 Å². The summed E-state index contributed by atoms with van der Waals surface area (Å²) in [6.45, 7) is 0. The minimum absolute atomic E-state index is 0.172. The maximum absolute atomic E-state index is 12.2. The van der Waals surface area contributed by atoms with E-state index in [2.05, 4.69) is 19.9 Å². The van der Waals surface area contributed by atoms with Crippen LogP contribution in [0.3, 0.4) is 0 Å². The fraction of sp³-hybridized carbons (Fsp3) is 0. The second-order valence-electron chi connectivity index (χ2n) is 5.86. The molecule has 0 spiro atoms. The molecule has 3 heterocycles. The number of aromatic nitrogens is 4. The van der Waals surface area contributed by atoms with Gasteiger partial charge in [-0.1, -0.05) is 30.3 Å². The number of rotatable bonds is 2. The van der Waals surface area contributed by atoms with E-state index in [0.29, 0.717) is 28.1 Å². The van der Waals surface area contributed by atoms with Gasteiger partial charge < -0.3 is 9.40 Å². The first kappa shape index (κ1) is 14.5. The number of hydrogen-bond donors (Lipinski definition) is 1. The van der Waals surface area contributed by atoms with Crippen LogP contribution in [0.5, 0.6) is 0 Å². The number of pyridine rings is 1. The van der Waals surface area contributed by atoms with Crippen LogP contribution in [0.1, 0.15) is 0 Å². The molecule has 0 radical (unpaired) electrons. The molecule has 0 saturated carbocycles. The number of benzene rings is 2. The molecule has 0 aliphatic rings. The Kier molecular flexibility index (Phi) is 3.15. The molecule has 6 nitrogen and oxygen atoms in total. The van der Waals surface area contributed by atoms with E-state index in [4.69, 9.17) is 4.42 Å². The van der Waals surface area contributed by atoms with Crippen LogP contribution in [0.25, 0.3) is 44.8 Å². The molecule has 5 aromatic rings. The number of H-pyrrole nitrogens is 1. The molecular weight excluding hydrogens is 328 g/mol. The highest BCUT2D eigenvalue weighted by molar-refractivity contribution is 5.87. The summed E-state index contributed by atoms with van der Waals surface area (Å²) in [7, 11) is 0. The van der Waals surface area contributed by atoms with Gasteiger partial charge in [-0.3, -0.25) is 4.79 Å². The van der Waals surface area contributed by atoms with Gasteiger partial charge in [0.25, 0.3) is 0 Å². The van der Waals surface area contributed by atoms with Crippen molar-refractivity contribution in [1.82, 2.24) is 19.9 Å². The first-order valence-corrected chi connectivity index (χ1v) is 8.08. The van der Waals surface area contributed by atoms with Crippen LogP contribution in [0.4, 0.5) is 0 Å². The SMILES string of the molecule is O=c1cc[nH]c2nc(-c3ccccc3)c(-c3ccc4ocnc4c3)nc12. The molecule has 0 saturated heterocycles. The van der Waals surface area contributed by atoms with E-state index < -0.39 is 0 Å². The summed E-state index contributed by atoms with van der Waals surface area (Å²) in [5.74, 6) is 0. The molecule has 6 heteroatoms. The van der Waals surface area contributed by atoms with Crippen molar-refractivity contribution < 1.29 is 4.42 Å². The smallest absolute Gasteiger partial charge is 0.209 e. The Morgan fingerprint density at radius 1 is 0.885 bits per heavy atom. The highest BCUT2D eigenvalue weighted by Crippen LogP contribution is 2.31. The topological polar surface area (TPSA) is 84.7 Å². The average Bonchev–Trinajstić information content (AvgIpc) is 3.16. The van der Waals surface area contributed by atoms with Gasteiger partial charge in [0.1, 0.15) is 5.52 Å². The van der Waals surface area contributed by atoms with E-state index in [0.717, 1.165) is 16.6 Å². The molecule has 5 rings (SSSR count). The van der Waals surface area contributed by atoms with Crippen molar-refractivity contribution in [2.75, 3.05) is 0 Å². The van der Waals surface area contributed by atoms with Crippen LogP contribution in [-0.2, 0) is 0 Å². The van der Waals surface area contributed by atoms with Crippen LogP contribution < -0.4 is 5.43 Å². The lowest BCUT2D eigenvalue weighted by Gasteiger charge is -2.10. The predicted molar refractivity (Wildman–Crippen MR) is 98.6 cm³/mol. The fourth-order valence-corrected chi connectivity index (χ4v) is 2.99. The van der Waals surface area contributed by atoms with Crippen molar-refractivity contribution >= 4 is 22.3 Å². The van der Waals surface area contributed by atoms with Crippen LogP contribution in [0.2, 0.25) is 0 Å². The summed E-state index contributed by atoms with van der Waals surface area (Å²) in [4.78, 5) is 28.8. The van der Waals surface area contributed by atoms with Crippen molar-refractivity contribution in [2.24, 2.45) is 0 Å². The molecule has 0 atom stereocenters. The molecule has 0 aliphatic carbocycles. The lowest BCUT2D eigenvalue weighted by molar-refractivity contribution is 0.602. The summed E-state index contributed by atoms with van der Waals surface area (Å²) >= 11 is 0. The van der Waals surface area contributed by atoms with Gasteiger partial charge in [0.2, 0.25) is 5.43 Å². The third-order valence-corrected chi connectivity index (χ3v) is 4.24. The van der Waals surface area contributed by atoms with Gasteiger partial charge in [-0.2, -0.15) is 0 Å². The molecule has 0 fully saturated rings. The predicted octanol–water partition coefficient (Wildman–Crippen LogP) is 3.79. The number of hydrogen-bond acceptors (Lipinski definition) is 5. The normalized spacial score (nSPS) is 11.2. The van der Waals surface area contributed by atoms with Gasteiger partial charge in [-0.25, -0.2) is 15.0 Å². The molecule has 124 valence electrons. The first-order valence-electron chi connectivity index (χ1n) is 8.08. The quantitative estimate of drug-likeness (QED) is 0.528. The fourth-order valence-electron chi connectivity index (χ4n) is 2.99. The Morgan fingerprint density at radius 3 is 2.62 bits per heavy atom. The number of fused-ring (bicyclic) bond motifs is 2. The Balaban J connectivity index is 1.86. The Bertz CT molecular complexity index is 1310. The third kappa shape index (κ3) is 2.28. The van der Waals surface area contributed by atoms with E-state index in [-0.39, 0.29) is 5.43 Å². The van der Waals surface area contributed by atoms with Crippen molar-refractivity contribution in [3.63, 3.8) is 0 Å². The highest BCUT2D eigenvalue weighted by Gasteiger charge is 2.15. The molecule has 2 aromatic carbocycles. The number of oxazole rings is 1. The van der Waals surface area contributed by atoms with Gasteiger partial charge in [0.05, 0.1) is 11.4 Å². The highest BCUT2D eigenvalue weighted by atomic mass is 16.3. The van der Waals surface area contributed by atoms with Gasteiger partial charge in [-0.05, 0) is 18.2 Å². The average molecular weight is 340 g/mol. The largest absolute Gasteiger partial charge is 0.443 e. The van der Waals surface area contributed by atoms with E-state index in [9.17, 15) is 4.79 Å². The van der Waals surface area contributed by atoms with Crippen LogP contribution >= 0.6 is 0 Å². The van der Waals surface area contributed by atoms with Crippen LogP contribution in [0.15, 0.2) is 76.4 Å². The van der Waals surface area contributed by atoms with E-state index >= 15 is 0 Å². The van der Waals surface area contributed by atoms with Gasteiger partial charge in [-0.15, -0.1) is 0 Å². The summed E-state index contributed by atoms with van der Waals surface area (Å²) in [6.07, 6.45) is 2.98. The lowest BCUT2D eigenvalue weighted by atomic mass is 10.0. The lowest BCUT2D eigenvalue weighted by Crippen LogP contribution is -2.06. The maximum Gasteiger partial charge on any atom is 0.209 e. The summed E-state index contributed by atoms with van der Waals surface area (Å²) < 4.78 is 5.31. The zero-order valence-corrected chi connectivity index (χ0v) is 13.5. The molecule has 0 amide bonds. The zero-order chi connectivity index (χ0) is 17.5. The van der Waals surface area contributed by atoms with E-state index in [1.807, 2.05) is 48.5 Å². The van der Waals surface area contributed by atoms with Gasteiger partial charge in [0, 0.05) is 23.4 Å². The molecule has 26 heavy (non-hydrogen) atoms. The Hall–Kier alpha value is -3.80. The number of aromatic amines is 1. The second-order valence-corrected chi connectivity index (χ2v) is 5.86. The van der Waals surface area contributed by atoms with Crippen molar-refractivity contribution in [3.8, 4) is 22.5 Å². The molecule has 0 unspecified atom stereocenters. The zero-order valence-electron chi connectivity index (χ0n) is 13.5. The monoisotopic (exact) mass is 340 g/mol. The summed E-state index contributed by atoms with van der Waals surface area (Å²) in [6, 6.07) is 16.8.